The number of urea groups is 1. The molecule has 0 bridgehead atoms. The molecule has 258 valence electrons. The smallest absolute Gasteiger partial charge is 0.417 e. The Morgan fingerprint density at radius 1 is 1.04 bits per heavy atom. The maximum Gasteiger partial charge on any atom is 0.417 e. The predicted octanol–water partition coefficient (Wildman–Crippen LogP) is 0.685. The molecule has 4 atom stereocenters. The number of hydrogen-bond acceptors (Lipinski definition) is 12. The van der Waals surface area contributed by atoms with Gasteiger partial charge in [0.1, 0.15) is 18.7 Å². The Morgan fingerprint density at radius 3 is 2.33 bits per heavy atom. The fourth-order valence-electron chi connectivity index (χ4n) is 5.75. The number of carbonyl (C=O) groups excluding carboxylic acids is 3. The number of nitrogens with two attached hydrogens (primary N) is 2. The molecule has 0 saturated carbocycles. The number of anilines is 1. The number of guanidine groups is 2. The van der Waals surface area contributed by atoms with Gasteiger partial charge in [-0.25, -0.2) is 19.6 Å². The number of imide groups is 1. The summed E-state index contributed by atoms with van der Waals surface area (Å²) in [6, 6.07) is 5.65. The molecule has 20 heteroatoms. The molecule has 3 heterocycles. The number of para-hydroxylation sites is 1. The van der Waals surface area contributed by atoms with Gasteiger partial charge in [-0.3, -0.25) is 14.6 Å². The SMILES string of the molecule is NC1=NC2C(CN3C(=O)CN(c4ccccc4)C3=O)N=C(N)N(C[C@@H](CO)OC(=O)c3cc(C(F)(F)F)ccc3C(F)(F)F)C2(CO)N1. The summed E-state index contributed by atoms with van der Waals surface area (Å²) in [7, 11) is 0. The average molecular weight is 687 g/mol. The van der Waals surface area contributed by atoms with Gasteiger partial charge in [-0.05, 0) is 30.3 Å². The zero-order valence-corrected chi connectivity index (χ0v) is 24.6. The minimum atomic E-state index is -5.24. The number of esters is 1. The van der Waals surface area contributed by atoms with E-state index in [1.807, 2.05) is 0 Å². The molecule has 0 aliphatic carbocycles. The summed E-state index contributed by atoms with van der Waals surface area (Å²) in [4.78, 5) is 50.8. The summed E-state index contributed by atoms with van der Waals surface area (Å²) in [6.07, 6.45) is -12.1. The number of carbonyl (C=O) groups is 3. The first-order chi connectivity index (χ1) is 22.5. The largest absolute Gasteiger partial charge is 0.454 e. The van der Waals surface area contributed by atoms with Crippen molar-refractivity contribution in [3.63, 3.8) is 0 Å². The van der Waals surface area contributed by atoms with Crippen LogP contribution in [0, 0.1) is 0 Å². The summed E-state index contributed by atoms with van der Waals surface area (Å²) in [6.45, 7) is -3.22. The minimum absolute atomic E-state index is 0.0148. The second-order valence-electron chi connectivity index (χ2n) is 11.0. The second kappa shape index (κ2) is 12.5. The third-order valence-electron chi connectivity index (χ3n) is 8.00. The minimum Gasteiger partial charge on any atom is -0.454 e. The van der Waals surface area contributed by atoms with Crippen LogP contribution in [0.4, 0.5) is 36.8 Å². The Hall–Kier alpha value is -5.11. The highest BCUT2D eigenvalue weighted by Crippen LogP contribution is 2.38. The quantitative estimate of drug-likeness (QED) is 0.142. The lowest BCUT2D eigenvalue weighted by Gasteiger charge is -2.49. The van der Waals surface area contributed by atoms with E-state index in [1.165, 1.54) is 4.90 Å². The Morgan fingerprint density at radius 2 is 1.73 bits per heavy atom. The van der Waals surface area contributed by atoms with E-state index in [4.69, 9.17) is 16.2 Å². The maximum absolute atomic E-state index is 13.6. The summed E-state index contributed by atoms with van der Waals surface area (Å²) in [5.41, 5.74) is 6.12. The van der Waals surface area contributed by atoms with E-state index in [2.05, 4.69) is 15.3 Å². The molecule has 3 aliphatic rings. The van der Waals surface area contributed by atoms with Gasteiger partial charge in [-0.15, -0.1) is 0 Å². The Bertz CT molecular complexity index is 1650. The number of benzene rings is 2. The van der Waals surface area contributed by atoms with Crippen molar-refractivity contribution < 1.29 is 55.7 Å². The highest BCUT2D eigenvalue weighted by Gasteiger charge is 2.57. The van der Waals surface area contributed by atoms with Crippen LogP contribution >= 0.6 is 0 Å². The van der Waals surface area contributed by atoms with Crippen molar-refractivity contribution in [3.05, 3.63) is 65.2 Å². The van der Waals surface area contributed by atoms with Crippen LogP contribution in [0.2, 0.25) is 0 Å². The molecule has 3 amide bonds. The molecule has 7 N–H and O–H groups in total. The number of nitrogens with one attached hydrogen (secondary N) is 1. The highest BCUT2D eigenvalue weighted by atomic mass is 19.4. The number of fused-ring (bicyclic) bond motifs is 1. The summed E-state index contributed by atoms with van der Waals surface area (Å²) in [5.74, 6) is -3.06. The van der Waals surface area contributed by atoms with Crippen molar-refractivity contribution in [1.29, 1.82) is 0 Å². The van der Waals surface area contributed by atoms with Crippen LogP contribution in [0.3, 0.4) is 0 Å². The van der Waals surface area contributed by atoms with E-state index in [1.54, 1.807) is 30.3 Å². The van der Waals surface area contributed by atoms with Crippen LogP contribution in [-0.4, -0.2) is 107 Å². The maximum atomic E-state index is 13.6. The number of alkyl halides is 6. The van der Waals surface area contributed by atoms with Gasteiger partial charge < -0.3 is 36.6 Å². The predicted molar refractivity (Wildman–Crippen MR) is 154 cm³/mol. The van der Waals surface area contributed by atoms with Gasteiger partial charge in [0.05, 0.1) is 49.0 Å². The zero-order valence-electron chi connectivity index (χ0n) is 24.6. The molecule has 3 aliphatic heterocycles. The fraction of sp³-hybridized carbons (Fsp3) is 0.393. The number of nitrogens with zero attached hydrogens (tertiary/aromatic N) is 5. The van der Waals surface area contributed by atoms with E-state index in [9.17, 15) is 50.9 Å². The van der Waals surface area contributed by atoms with E-state index in [0.717, 1.165) is 9.80 Å². The van der Waals surface area contributed by atoms with Crippen LogP contribution < -0.4 is 21.7 Å². The molecule has 2 aromatic rings. The van der Waals surface area contributed by atoms with Gasteiger partial charge in [0, 0.05) is 5.69 Å². The molecule has 1 fully saturated rings. The molecular weight excluding hydrogens is 658 g/mol. The molecule has 0 spiro atoms. The number of aliphatic hydroxyl groups excluding tert-OH is 2. The van der Waals surface area contributed by atoms with Crippen molar-refractivity contribution in [1.82, 2.24) is 15.1 Å². The first-order valence-corrected chi connectivity index (χ1v) is 14.1. The molecule has 2 aromatic carbocycles. The number of rotatable bonds is 9. The number of halogens is 6. The highest BCUT2D eigenvalue weighted by molar-refractivity contribution is 6.12. The van der Waals surface area contributed by atoms with Crippen LogP contribution in [0.1, 0.15) is 21.5 Å². The van der Waals surface area contributed by atoms with Crippen LogP contribution in [-0.2, 0) is 21.9 Å². The van der Waals surface area contributed by atoms with Crippen molar-refractivity contribution >= 4 is 35.5 Å². The van der Waals surface area contributed by atoms with E-state index < -0.39 is 96.5 Å². The first kappa shape index (κ1) is 34.2. The second-order valence-corrected chi connectivity index (χ2v) is 11.0. The van der Waals surface area contributed by atoms with Gasteiger partial charge in [-0.1, -0.05) is 18.2 Å². The van der Waals surface area contributed by atoms with Gasteiger partial charge >= 0.3 is 24.4 Å². The third-order valence-corrected chi connectivity index (χ3v) is 8.00. The topological polar surface area (TPSA) is 199 Å². The van der Waals surface area contributed by atoms with Crippen LogP contribution in [0.25, 0.3) is 0 Å². The Kier molecular flexibility index (Phi) is 8.91. The van der Waals surface area contributed by atoms with E-state index >= 15 is 0 Å². The summed E-state index contributed by atoms with van der Waals surface area (Å²) >= 11 is 0. The monoisotopic (exact) mass is 686 g/mol. The van der Waals surface area contributed by atoms with Crippen molar-refractivity contribution in [2.45, 2.75) is 36.2 Å². The molecule has 0 radical (unpaired) electrons. The van der Waals surface area contributed by atoms with Gasteiger partial charge in [-0.2, -0.15) is 26.3 Å². The summed E-state index contributed by atoms with van der Waals surface area (Å²) in [5, 5.41) is 23.3. The van der Waals surface area contributed by atoms with E-state index in [-0.39, 0.29) is 37.2 Å². The first-order valence-electron chi connectivity index (χ1n) is 14.1. The number of amides is 3. The van der Waals surface area contributed by atoms with Gasteiger partial charge in [0.25, 0.3) is 5.91 Å². The Balaban J connectivity index is 1.41. The number of hydrogen-bond donors (Lipinski definition) is 5. The lowest BCUT2D eigenvalue weighted by molar-refractivity contribution is -0.141. The number of ether oxygens (including phenoxy) is 1. The molecule has 48 heavy (non-hydrogen) atoms. The van der Waals surface area contributed by atoms with Crippen molar-refractivity contribution in [3.8, 4) is 0 Å². The molecule has 5 rings (SSSR count). The van der Waals surface area contributed by atoms with Crippen LogP contribution in [0.15, 0.2) is 58.5 Å². The lowest BCUT2D eigenvalue weighted by atomic mass is 9.91. The normalized spacial score (nSPS) is 23.5. The zero-order chi connectivity index (χ0) is 35.2. The van der Waals surface area contributed by atoms with Crippen molar-refractivity contribution in [2.75, 3.05) is 37.7 Å². The standard InChI is InChI=1S/C28H28F6N8O6/c29-27(30,31)14-6-7-18(28(32,33)34)17(8-14)22(46)48-16(12-43)9-42-24(36)37-19(21-26(42,13-44)39-23(35)38-21)10-41-20(45)11-40(25(41)47)15-4-2-1-3-5-15/h1-8,16,19,21,43-44H,9-13H2,(H2,36,37)(H3,35,38,39)/t16-,19?,21?,26?/m0/s1. The molecule has 1 saturated heterocycles. The summed E-state index contributed by atoms with van der Waals surface area (Å²) < 4.78 is 85.7. The Labute approximate surface area is 267 Å². The molecule has 3 unspecified atom stereocenters. The molecule has 14 nitrogen and oxygen atoms in total. The average Bonchev–Trinajstić information content (AvgIpc) is 3.53. The number of aliphatic hydroxyl groups is 2. The fourth-order valence-corrected chi connectivity index (χ4v) is 5.75. The molecule has 0 aromatic heterocycles. The van der Waals surface area contributed by atoms with Gasteiger partial charge in [0.15, 0.2) is 17.6 Å². The molecular formula is C28H28F6N8O6. The number of aliphatic imine (C=N–C) groups is 2. The lowest BCUT2D eigenvalue weighted by Crippen LogP contribution is -2.74. The van der Waals surface area contributed by atoms with E-state index in [0.29, 0.717) is 5.69 Å². The van der Waals surface area contributed by atoms with Gasteiger partial charge in [0.2, 0.25) is 0 Å². The van der Waals surface area contributed by atoms with Crippen LogP contribution in [0.5, 0.6) is 0 Å². The third kappa shape index (κ3) is 6.27. The van der Waals surface area contributed by atoms with Crippen molar-refractivity contribution in [2.24, 2.45) is 21.5 Å².